The summed E-state index contributed by atoms with van der Waals surface area (Å²) >= 11 is 0. The molecular weight excluding hydrogens is 442 g/mol. The zero-order chi connectivity index (χ0) is 24.0. The predicted molar refractivity (Wildman–Crippen MR) is 128 cm³/mol. The molecule has 2 amide bonds. The lowest BCUT2D eigenvalue weighted by molar-refractivity contribution is -0.117. The number of para-hydroxylation sites is 1. The number of aryl methyl sites for hydroxylation is 1. The van der Waals surface area contributed by atoms with Crippen LogP contribution in [0.2, 0.25) is 0 Å². The van der Waals surface area contributed by atoms with Gasteiger partial charge in [0.15, 0.2) is 0 Å². The van der Waals surface area contributed by atoms with Gasteiger partial charge in [0.2, 0.25) is 15.9 Å². The molecular formula is C24H27N3O5S. The van der Waals surface area contributed by atoms with E-state index in [1.165, 1.54) is 6.26 Å². The second-order valence-electron chi connectivity index (χ2n) is 7.62. The molecule has 0 aliphatic carbocycles. The zero-order valence-corrected chi connectivity index (χ0v) is 19.6. The average molecular weight is 470 g/mol. The van der Waals surface area contributed by atoms with E-state index in [0.29, 0.717) is 11.4 Å². The predicted octanol–water partition coefficient (Wildman–Crippen LogP) is 3.70. The Morgan fingerprint density at radius 3 is 2.33 bits per heavy atom. The average Bonchev–Trinajstić information content (AvgIpc) is 3.30. The van der Waals surface area contributed by atoms with E-state index in [4.69, 9.17) is 4.42 Å². The lowest BCUT2D eigenvalue weighted by Crippen LogP contribution is -2.47. The van der Waals surface area contributed by atoms with Crippen LogP contribution >= 0.6 is 0 Å². The molecule has 0 saturated heterocycles. The summed E-state index contributed by atoms with van der Waals surface area (Å²) in [5, 5.41) is 5.49. The van der Waals surface area contributed by atoms with Crippen molar-refractivity contribution in [2.75, 3.05) is 15.9 Å². The van der Waals surface area contributed by atoms with Crippen LogP contribution < -0.4 is 14.9 Å². The van der Waals surface area contributed by atoms with Gasteiger partial charge in [0.05, 0.1) is 36.0 Å². The highest BCUT2D eigenvalue weighted by molar-refractivity contribution is 7.92. The monoisotopic (exact) mass is 469 g/mol. The SMILES string of the molecule is CC[C@H](C(=O)Nc1ccccc1C(=O)NCc1ccco1)N(c1ccc(C)cc1)S(C)(=O)=O. The minimum Gasteiger partial charge on any atom is -0.467 e. The number of carbonyl (C=O) groups excluding carboxylic acids is 2. The first-order valence-corrected chi connectivity index (χ1v) is 12.3. The van der Waals surface area contributed by atoms with Gasteiger partial charge in [0.25, 0.3) is 5.91 Å². The molecule has 1 aromatic heterocycles. The van der Waals surface area contributed by atoms with Gasteiger partial charge in [-0.2, -0.15) is 0 Å². The lowest BCUT2D eigenvalue weighted by Gasteiger charge is -2.30. The summed E-state index contributed by atoms with van der Waals surface area (Å²) in [4.78, 5) is 25.9. The van der Waals surface area contributed by atoms with Crippen molar-refractivity contribution in [3.63, 3.8) is 0 Å². The molecule has 0 unspecified atom stereocenters. The Morgan fingerprint density at radius 2 is 1.73 bits per heavy atom. The van der Waals surface area contributed by atoms with Crippen LogP contribution in [0.1, 0.15) is 35.0 Å². The number of rotatable bonds is 9. The van der Waals surface area contributed by atoms with E-state index < -0.39 is 27.9 Å². The van der Waals surface area contributed by atoms with Gasteiger partial charge in [0.1, 0.15) is 11.8 Å². The number of anilines is 2. The van der Waals surface area contributed by atoms with Gasteiger partial charge in [-0.05, 0) is 49.7 Å². The third-order valence-corrected chi connectivity index (χ3v) is 6.23. The number of nitrogens with one attached hydrogen (secondary N) is 2. The summed E-state index contributed by atoms with van der Waals surface area (Å²) in [7, 11) is -3.76. The van der Waals surface area contributed by atoms with Gasteiger partial charge in [-0.3, -0.25) is 13.9 Å². The standard InChI is InChI=1S/C24H27N3O5S/c1-4-22(27(33(3,30)31)18-13-11-17(2)12-14-18)24(29)26-21-10-6-5-9-20(21)23(28)25-16-19-8-7-15-32-19/h5-15,22H,4,16H2,1-3H3,(H,25,28)(H,26,29)/t22-/m1/s1. The van der Waals surface area contributed by atoms with Crippen LogP contribution in [-0.2, 0) is 21.4 Å². The Hall–Kier alpha value is -3.59. The van der Waals surface area contributed by atoms with Gasteiger partial charge in [-0.15, -0.1) is 0 Å². The molecule has 0 aliphatic rings. The van der Waals surface area contributed by atoms with Crippen LogP contribution in [0, 0.1) is 6.92 Å². The van der Waals surface area contributed by atoms with E-state index in [2.05, 4.69) is 10.6 Å². The molecule has 0 bridgehead atoms. The third kappa shape index (κ3) is 6.01. The molecule has 8 nitrogen and oxygen atoms in total. The van der Waals surface area contributed by atoms with Crippen LogP contribution in [0.4, 0.5) is 11.4 Å². The molecule has 3 aromatic rings. The second kappa shape index (κ2) is 10.4. The Balaban J connectivity index is 1.84. The number of hydrogen-bond donors (Lipinski definition) is 2. The van der Waals surface area contributed by atoms with E-state index in [0.717, 1.165) is 16.1 Å². The molecule has 174 valence electrons. The molecule has 0 aliphatic heterocycles. The highest BCUT2D eigenvalue weighted by atomic mass is 32.2. The van der Waals surface area contributed by atoms with Crippen molar-refractivity contribution < 1.29 is 22.4 Å². The lowest BCUT2D eigenvalue weighted by atomic mass is 10.1. The fraction of sp³-hybridized carbons (Fsp3) is 0.250. The van der Waals surface area contributed by atoms with Crippen LogP contribution in [0.25, 0.3) is 0 Å². The van der Waals surface area contributed by atoms with Crippen LogP contribution in [-0.4, -0.2) is 32.5 Å². The molecule has 33 heavy (non-hydrogen) atoms. The largest absolute Gasteiger partial charge is 0.467 e. The fourth-order valence-corrected chi connectivity index (χ4v) is 4.65. The Morgan fingerprint density at radius 1 is 1.03 bits per heavy atom. The summed E-state index contributed by atoms with van der Waals surface area (Å²) in [6, 6.07) is 15.9. The maximum absolute atomic E-state index is 13.2. The second-order valence-corrected chi connectivity index (χ2v) is 9.47. The van der Waals surface area contributed by atoms with Crippen molar-refractivity contribution in [2.24, 2.45) is 0 Å². The quantitative estimate of drug-likeness (QED) is 0.497. The molecule has 2 aromatic carbocycles. The molecule has 9 heteroatoms. The molecule has 0 fully saturated rings. The molecule has 2 N–H and O–H groups in total. The van der Waals surface area contributed by atoms with Crippen molar-refractivity contribution in [3.05, 3.63) is 83.8 Å². The minimum absolute atomic E-state index is 0.195. The third-order valence-electron chi connectivity index (χ3n) is 5.05. The van der Waals surface area contributed by atoms with E-state index in [9.17, 15) is 18.0 Å². The molecule has 0 radical (unpaired) electrons. The molecule has 0 spiro atoms. The van der Waals surface area contributed by atoms with E-state index in [1.807, 2.05) is 6.92 Å². The first kappa shape index (κ1) is 24.1. The number of benzene rings is 2. The summed E-state index contributed by atoms with van der Waals surface area (Å²) in [6.07, 6.45) is 2.82. The number of furan rings is 1. The van der Waals surface area contributed by atoms with Crippen molar-refractivity contribution in [3.8, 4) is 0 Å². The van der Waals surface area contributed by atoms with Gasteiger partial charge in [-0.1, -0.05) is 36.8 Å². The summed E-state index contributed by atoms with van der Waals surface area (Å²) < 4.78 is 31.6. The highest BCUT2D eigenvalue weighted by Gasteiger charge is 2.32. The van der Waals surface area contributed by atoms with Crippen LogP contribution in [0.5, 0.6) is 0 Å². The Labute approximate surface area is 193 Å². The summed E-state index contributed by atoms with van der Waals surface area (Å²) in [6.45, 7) is 3.83. The first-order valence-electron chi connectivity index (χ1n) is 10.5. The van der Waals surface area contributed by atoms with Crippen LogP contribution in [0.15, 0.2) is 71.3 Å². The first-order chi connectivity index (χ1) is 15.7. The van der Waals surface area contributed by atoms with Crippen molar-refractivity contribution in [1.82, 2.24) is 5.32 Å². The number of sulfonamides is 1. The van der Waals surface area contributed by atoms with Crippen molar-refractivity contribution in [1.29, 1.82) is 0 Å². The van der Waals surface area contributed by atoms with Crippen molar-refractivity contribution >= 4 is 33.2 Å². The van der Waals surface area contributed by atoms with Gasteiger partial charge < -0.3 is 15.1 Å². The number of amides is 2. The fourth-order valence-electron chi connectivity index (χ4n) is 3.43. The van der Waals surface area contributed by atoms with E-state index in [1.54, 1.807) is 67.6 Å². The summed E-state index contributed by atoms with van der Waals surface area (Å²) in [5.41, 5.74) is 1.91. The number of hydrogen-bond acceptors (Lipinski definition) is 5. The minimum atomic E-state index is -3.76. The van der Waals surface area contributed by atoms with Crippen molar-refractivity contribution in [2.45, 2.75) is 32.9 Å². The molecule has 0 saturated carbocycles. The topological polar surface area (TPSA) is 109 Å². The number of carbonyl (C=O) groups is 2. The van der Waals surface area contributed by atoms with Gasteiger partial charge >= 0.3 is 0 Å². The summed E-state index contributed by atoms with van der Waals surface area (Å²) in [5.74, 6) is -0.332. The molecule has 1 heterocycles. The Bertz CT molecular complexity index is 1210. The van der Waals surface area contributed by atoms with Crippen LogP contribution in [0.3, 0.4) is 0 Å². The maximum atomic E-state index is 13.2. The number of nitrogens with zero attached hydrogens (tertiary/aromatic N) is 1. The zero-order valence-electron chi connectivity index (χ0n) is 18.7. The maximum Gasteiger partial charge on any atom is 0.253 e. The smallest absolute Gasteiger partial charge is 0.253 e. The highest BCUT2D eigenvalue weighted by Crippen LogP contribution is 2.24. The van der Waals surface area contributed by atoms with E-state index in [-0.39, 0.29) is 24.2 Å². The normalized spacial score (nSPS) is 12.1. The Kier molecular flexibility index (Phi) is 7.55. The molecule has 1 atom stereocenters. The van der Waals surface area contributed by atoms with E-state index >= 15 is 0 Å². The van der Waals surface area contributed by atoms with Gasteiger partial charge in [-0.25, -0.2) is 8.42 Å². The molecule has 3 rings (SSSR count). The van der Waals surface area contributed by atoms with Gasteiger partial charge in [0, 0.05) is 0 Å².